The normalized spacial score (nSPS) is 27.1. The SMILES string of the molecule is CC(=O)Nc1cc(NC(=O)C2C3C=CC(C3)C2C(=O)O)ccc1F. The number of anilines is 2. The van der Waals surface area contributed by atoms with Crippen molar-refractivity contribution in [3.63, 3.8) is 0 Å². The molecule has 0 saturated heterocycles. The van der Waals surface area contributed by atoms with Crippen molar-refractivity contribution in [2.24, 2.45) is 23.7 Å². The molecule has 2 aliphatic carbocycles. The van der Waals surface area contributed by atoms with Gasteiger partial charge in [0.2, 0.25) is 11.8 Å². The summed E-state index contributed by atoms with van der Waals surface area (Å²) in [7, 11) is 0. The van der Waals surface area contributed by atoms with Crippen molar-refractivity contribution in [2.45, 2.75) is 13.3 Å². The molecular formula is C17H17FN2O4. The predicted octanol–water partition coefficient (Wildman–Crippen LogP) is 2.25. The fourth-order valence-corrected chi connectivity index (χ4v) is 3.63. The molecule has 0 radical (unpaired) electrons. The van der Waals surface area contributed by atoms with Crippen molar-refractivity contribution in [3.05, 3.63) is 36.2 Å². The number of amides is 2. The van der Waals surface area contributed by atoms with Crippen LogP contribution in [0.25, 0.3) is 0 Å². The van der Waals surface area contributed by atoms with Gasteiger partial charge in [0.25, 0.3) is 0 Å². The highest BCUT2D eigenvalue weighted by Gasteiger charge is 2.51. The molecule has 7 heteroatoms. The molecule has 4 atom stereocenters. The number of allylic oxidation sites excluding steroid dienone is 2. The van der Waals surface area contributed by atoms with Crippen LogP contribution in [0.4, 0.5) is 15.8 Å². The van der Waals surface area contributed by atoms with Crippen molar-refractivity contribution in [1.29, 1.82) is 0 Å². The Morgan fingerprint density at radius 3 is 2.42 bits per heavy atom. The molecule has 1 fully saturated rings. The van der Waals surface area contributed by atoms with E-state index in [9.17, 15) is 23.9 Å². The van der Waals surface area contributed by atoms with Crippen molar-refractivity contribution >= 4 is 29.2 Å². The smallest absolute Gasteiger partial charge is 0.307 e. The van der Waals surface area contributed by atoms with Gasteiger partial charge in [0.1, 0.15) is 5.82 Å². The summed E-state index contributed by atoms with van der Waals surface area (Å²) in [5, 5.41) is 14.4. The Bertz CT molecular complexity index is 746. The second kappa shape index (κ2) is 6.07. The van der Waals surface area contributed by atoms with Crippen LogP contribution in [0.15, 0.2) is 30.4 Å². The summed E-state index contributed by atoms with van der Waals surface area (Å²) in [6.45, 7) is 1.25. The number of hydrogen-bond donors (Lipinski definition) is 3. The summed E-state index contributed by atoms with van der Waals surface area (Å²) in [4.78, 5) is 35.1. The van der Waals surface area contributed by atoms with Gasteiger partial charge < -0.3 is 15.7 Å². The van der Waals surface area contributed by atoms with E-state index in [0.717, 1.165) is 6.07 Å². The van der Waals surface area contributed by atoms with Crippen LogP contribution in [-0.2, 0) is 14.4 Å². The molecule has 1 aromatic rings. The summed E-state index contributed by atoms with van der Waals surface area (Å²) < 4.78 is 13.6. The number of rotatable bonds is 4. The van der Waals surface area contributed by atoms with Gasteiger partial charge in [0.05, 0.1) is 17.5 Å². The molecule has 0 aliphatic heterocycles. The minimum Gasteiger partial charge on any atom is -0.481 e. The molecule has 0 aromatic heterocycles. The fourth-order valence-electron chi connectivity index (χ4n) is 3.63. The average molecular weight is 332 g/mol. The first-order valence-electron chi connectivity index (χ1n) is 7.66. The second-order valence-electron chi connectivity index (χ2n) is 6.20. The van der Waals surface area contributed by atoms with Crippen molar-refractivity contribution < 1.29 is 23.9 Å². The average Bonchev–Trinajstić information content (AvgIpc) is 3.10. The number of fused-ring (bicyclic) bond motifs is 2. The zero-order valence-electron chi connectivity index (χ0n) is 13.0. The van der Waals surface area contributed by atoms with Crippen LogP contribution in [-0.4, -0.2) is 22.9 Å². The Morgan fingerprint density at radius 2 is 1.79 bits per heavy atom. The number of carbonyl (C=O) groups excluding carboxylic acids is 2. The highest BCUT2D eigenvalue weighted by atomic mass is 19.1. The van der Waals surface area contributed by atoms with Crippen LogP contribution in [0.2, 0.25) is 0 Å². The molecule has 2 bridgehead atoms. The number of carboxylic acid groups (broad SMARTS) is 1. The van der Waals surface area contributed by atoms with Crippen LogP contribution < -0.4 is 10.6 Å². The maximum atomic E-state index is 13.6. The number of halogens is 1. The summed E-state index contributed by atoms with van der Waals surface area (Å²) in [5.41, 5.74) is 0.268. The van der Waals surface area contributed by atoms with E-state index >= 15 is 0 Å². The van der Waals surface area contributed by atoms with Crippen LogP contribution >= 0.6 is 0 Å². The van der Waals surface area contributed by atoms with Gasteiger partial charge in [-0.05, 0) is 36.5 Å². The number of aliphatic carboxylic acids is 1. The zero-order chi connectivity index (χ0) is 17.4. The van der Waals surface area contributed by atoms with E-state index in [-0.39, 0.29) is 17.5 Å². The first-order chi connectivity index (χ1) is 11.4. The van der Waals surface area contributed by atoms with Crippen molar-refractivity contribution in [1.82, 2.24) is 0 Å². The molecule has 3 N–H and O–H groups in total. The van der Waals surface area contributed by atoms with E-state index in [4.69, 9.17) is 0 Å². The molecule has 4 unspecified atom stereocenters. The van der Waals surface area contributed by atoms with Gasteiger partial charge >= 0.3 is 5.97 Å². The van der Waals surface area contributed by atoms with Crippen molar-refractivity contribution in [3.8, 4) is 0 Å². The largest absolute Gasteiger partial charge is 0.481 e. The molecule has 3 rings (SSSR count). The Morgan fingerprint density at radius 1 is 1.12 bits per heavy atom. The van der Waals surface area contributed by atoms with Crippen LogP contribution in [0.1, 0.15) is 13.3 Å². The number of nitrogens with one attached hydrogen (secondary N) is 2. The van der Waals surface area contributed by atoms with Crippen LogP contribution in [0.5, 0.6) is 0 Å². The highest BCUT2D eigenvalue weighted by molar-refractivity contribution is 5.97. The topological polar surface area (TPSA) is 95.5 Å². The first-order valence-corrected chi connectivity index (χ1v) is 7.66. The van der Waals surface area contributed by atoms with Gasteiger partial charge in [-0.3, -0.25) is 14.4 Å². The molecule has 0 spiro atoms. The molecule has 6 nitrogen and oxygen atoms in total. The molecule has 2 amide bonds. The lowest BCUT2D eigenvalue weighted by molar-refractivity contribution is -0.146. The molecule has 1 saturated carbocycles. The monoisotopic (exact) mass is 332 g/mol. The van der Waals surface area contributed by atoms with Crippen LogP contribution in [0, 0.1) is 29.5 Å². The van der Waals surface area contributed by atoms with E-state index in [1.165, 1.54) is 19.1 Å². The molecular weight excluding hydrogens is 315 g/mol. The van der Waals surface area contributed by atoms with Crippen molar-refractivity contribution in [2.75, 3.05) is 10.6 Å². The summed E-state index contributed by atoms with van der Waals surface area (Å²) in [6.07, 6.45) is 4.41. The molecule has 2 aliphatic rings. The van der Waals surface area contributed by atoms with Crippen LogP contribution in [0.3, 0.4) is 0 Å². The number of hydrogen-bond acceptors (Lipinski definition) is 3. The second-order valence-corrected chi connectivity index (χ2v) is 6.20. The molecule has 24 heavy (non-hydrogen) atoms. The quantitative estimate of drug-likeness (QED) is 0.737. The Kier molecular flexibility index (Phi) is 4.09. The number of carbonyl (C=O) groups is 3. The van der Waals surface area contributed by atoms with Gasteiger partial charge in [-0.25, -0.2) is 4.39 Å². The molecule has 1 aromatic carbocycles. The maximum Gasteiger partial charge on any atom is 0.307 e. The maximum absolute atomic E-state index is 13.6. The zero-order valence-corrected chi connectivity index (χ0v) is 13.0. The lowest BCUT2D eigenvalue weighted by Crippen LogP contribution is -2.36. The van der Waals surface area contributed by atoms with E-state index in [1.54, 1.807) is 0 Å². The number of carboxylic acids is 1. The summed E-state index contributed by atoms with van der Waals surface area (Å²) in [5.74, 6) is -4.03. The highest BCUT2D eigenvalue weighted by Crippen LogP contribution is 2.48. The van der Waals surface area contributed by atoms with E-state index in [2.05, 4.69) is 10.6 Å². The minimum absolute atomic E-state index is 0.0390. The Labute approximate surface area is 137 Å². The third-order valence-corrected chi connectivity index (χ3v) is 4.59. The lowest BCUT2D eigenvalue weighted by Gasteiger charge is -2.24. The lowest BCUT2D eigenvalue weighted by atomic mass is 9.82. The fraction of sp³-hybridized carbons (Fsp3) is 0.353. The Balaban J connectivity index is 1.79. The molecule has 0 heterocycles. The van der Waals surface area contributed by atoms with E-state index in [1.807, 2.05) is 12.2 Å². The van der Waals surface area contributed by atoms with Gasteiger partial charge in [-0.2, -0.15) is 0 Å². The van der Waals surface area contributed by atoms with E-state index < -0.39 is 35.4 Å². The number of benzene rings is 1. The van der Waals surface area contributed by atoms with Gasteiger partial charge in [-0.1, -0.05) is 12.2 Å². The molecule has 126 valence electrons. The standard InChI is InChI=1S/C17H17FN2O4/c1-8(21)19-13-7-11(4-5-12(13)18)20-16(22)14-9-2-3-10(6-9)15(14)17(23)24/h2-5,7,9-10,14-15H,6H2,1H3,(H,19,21)(H,20,22)(H,23,24). The minimum atomic E-state index is -0.981. The van der Waals surface area contributed by atoms with Gasteiger partial charge in [-0.15, -0.1) is 0 Å². The van der Waals surface area contributed by atoms with Gasteiger partial charge in [0.15, 0.2) is 0 Å². The van der Waals surface area contributed by atoms with Gasteiger partial charge in [0, 0.05) is 12.6 Å². The third kappa shape index (κ3) is 2.89. The predicted molar refractivity (Wildman–Crippen MR) is 84.7 cm³/mol. The first kappa shape index (κ1) is 16.2. The summed E-state index contributed by atoms with van der Waals surface area (Å²) >= 11 is 0. The third-order valence-electron chi connectivity index (χ3n) is 4.59. The Hall–Kier alpha value is -2.70. The van der Waals surface area contributed by atoms with E-state index in [0.29, 0.717) is 12.1 Å². The summed E-state index contributed by atoms with van der Waals surface area (Å²) in [6, 6.07) is 3.82.